The molecule has 1 unspecified atom stereocenters. The van der Waals surface area contributed by atoms with E-state index in [1.165, 1.54) is 16.7 Å². The van der Waals surface area contributed by atoms with E-state index < -0.39 is 0 Å². The van der Waals surface area contributed by atoms with Gasteiger partial charge in [-0.2, -0.15) is 0 Å². The van der Waals surface area contributed by atoms with Crippen molar-refractivity contribution in [1.82, 2.24) is 10.3 Å². The molecule has 0 aliphatic heterocycles. The number of nitrogens with one attached hydrogen (secondary N) is 1. The zero-order chi connectivity index (χ0) is 14.4. The summed E-state index contributed by atoms with van der Waals surface area (Å²) in [5.74, 6) is 0.918. The van der Waals surface area contributed by atoms with Crippen LogP contribution in [0.15, 0.2) is 42.7 Å². The second kappa shape index (κ2) is 7.06. The molecule has 2 aromatic rings. The summed E-state index contributed by atoms with van der Waals surface area (Å²) >= 11 is 0. The zero-order valence-electron chi connectivity index (χ0n) is 12.4. The van der Waals surface area contributed by atoms with E-state index in [-0.39, 0.29) is 6.04 Å². The van der Waals surface area contributed by atoms with Crippen LogP contribution < -0.4 is 10.1 Å². The molecule has 0 fully saturated rings. The summed E-state index contributed by atoms with van der Waals surface area (Å²) in [6, 6.07) is 10.5. The maximum atomic E-state index is 5.76. The average Bonchev–Trinajstić information content (AvgIpc) is 2.46. The lowest BCUT2D eigenvalue weighted by Gasteiger charge is -2.15. The lowest BCUT2D eigenvalue weighted by molar-refractivity contribution is 0.272. The highest BCUT2D eigenvalue weighted by molar-refractivity contribution is 5.26. The third-order valence-electron chi connectivity index (χ3n) is 3.31. The molecular weight excluding hydrogens is 248 g/mol. The number of ether oxygens (including phenoxy) is 1. The van der Waals surface area contributed by atoms with Crippen molar-refractivity contribution >= 4 is 0 Å². The molecule has 1 atom stereocenters. The minimum absolute atomic E-state index is 0.288. The fraction of sp³-hybridized carbons (Fsp3) is 0.353. The first-order chi connectivity index (χ1) is 9.65. The monoisotopic (exact) mass is 270 g/mol. The summed E-state index contributed by atoms with van der Waals surface area (Å²) in [6.45, 7) is 7.77. The van der Waals surface area contributed by atoms with Gasteiger partial charge in [0.25, 0.3) is 0 Å². The van der Waals surface area contributed by atoms with Crippen molar-refractivity contribution < 1.29 is 4.74 Å². The number of hydrogen-bond acceptors (Lipinski definition) is 3. The summed E-state index contributed by atoms with van der Waals surface area (Å²) in [6.07, 6.45) is 3.73. The molecular formula is C17H22N2O. The maximum Gasteiger partial charge on any atom is 0.119 e. The first-order valence-electron chi connectivity index (χ1n) is 6.97. The van der Waals surface area contributed by atoms with Crippen molar-refractivity contribution in [2.75, 3.05) is 6.61 Å². The molecule has 0 radical (unpaired) electrons. The van der Waals surface area contributed by atoms with Gasteiger partial charge in [-0.05, 0) is 50.1 Å². The summed E-state index contributed by atoms with van der Waals surface area (Å²) in [5, 5.41) is 3.46. The minimum atomic E-state index is 0.288. The number of aryl methyl sites for hydroxylation is 2. The Hall–Kier alpha value is -1.87. The Morgan fingerprint density at radius 2 is 1.90 bits per heavy atom. The first kappa shape index (κ1) is 14.5. The molecule has 0 spiro atoms. The molecule has 0 aliphatic rings. The SMILES string of the molecule is Cc1ccc(OCC(C)NCc2cnccc2C)cc1. The van der Waals surface area contributed by atoms with Crippen LogP contribution in [0.4, 0.5) is 0 Å². The molecule has 1 aromatic carbocycles. The number of benzene rings is 1. The van der Waals surface area contributed by atoms with E-state index in [4.69, 9.17) is 4.74 Å². The quantitative estimate of drug-likeness (QED) is 0.875. The zero-order valence-corrected chi connectivity index (χ0v) is 12.4. The van der Waals surface area contributed by atoms with Crippen LogP contribution >= 0.6 is 0 Å². The van der Waals surface area contributed by atoms with Gasteiger partial charge in [-0.25, -0.2) is 0 Å². The topological polar surface area (TPSA) is 34.1 Å². The highest BCUT2D eigenvalue weighted by atomic mass is 16.5. The Labute approximate surface area is 121 Å². The third kappa shape index (κ3) is 4.35. The van der Waals surface area contributed by atoms with Crippen LogP contribution in [0.1, 0.15) is 23.6 Å². The van der Waals surface area contributed by atoms with Crippen LogP contribution in [0.2, 0.25) is 0 Å². The van der Waals surface area contributed by atoms with E-state index in [2.05, 4.69) is 43.2 Å². The van der Waals surface area contributed by atoms with Crippen LogP contribution in [0, 0.1) is 13.8 Å². The van der Waals surface area contributed by atoms with E-state index >= 15 is 0 Å². The number of hydrogen-bond donors (Lipinski definition) is 1. The summed E-state index contributed by atoms with van der Waals surface area (Å²) in [5.41, 5.74) is 3.74. The summed E-state index contributed by atoms with van der Waals surface area (Å²) < 4.78 is 5.76. The van der Waals surface area contributed by atoms with E-state index in [1.807, 2.05) is 30.6 Å². The molecule has 0 amide bonds. The smallest absolute Gasteiger partial charge is 0.119 e. The molecule has 1 aromatic heterocycles. The van der Waals surface area contributed by atoms with Crippen LogP contribution in [-0.2, 0) is 6.54 Å². The van der Waals surface area contributed by atoms with E-state index in [0.29, 0.717) is 6.61 Å². The van der Waals surface area contributed by atoms with Crippen LogP contribution in [-0.4, -0.2) is 17.6 Å². The van der Waals surface area contributed by atoms with Gasteiger partial charge in [-0.3, -0.25) is 4.98 Å². The molecule has 1 heterocycles. The van der Waals surface area contributed by atoms with Crippen molar-refractivity contribution in [3.63, 3.8) is 0 Å². The summed E-state index contributed by atoms with van der Waals surface area (Å²) in [7, 11) is 0. The Bertz CT molecular complexity index is 537. The number of nitrogens with zero attached hydrogens (tertiary/aromatic N) is 1. The van der Waals surface area contributed by atoms with Crippen molar-refractivity contribution in [2.45, 2.75) is 33.4 Å². The third-order valence-corrected chi connectivity index (χ3v) is 3.31. The fourth-order valence-electron chi connectivity index (χ4n) is 1.88. The Morgan fingerprint density at radius 3 is 2.60 bits per heavy atom. The normalized spacial score (nSPS) is 12.2. The van der Waals surface area contributed by atoms with Gasteiger partial charge in [0.2, 0.25) is 0 Å². The van der Waals surface area contributed by atoms with E-state index in [0.717, 1.165) is 12.3 Å². The van der Waals surface area contributed by atoms with Gasteiger partial charge in [-0.15, -0.1) is 0 Å². The Morgan fingerprint density at radius 1 is 1.15 bits per heavy atom. The van der Waals surface area contributed by atoms with Crippen LogP contribution in [0.25, 0.3) is 0 Å². The number of rotatable bonds is 6. The molecule has 0 saturated carbocycles. The highest BCUT2D eigenvalue weighted by Gasteiger charge is 2.04. The lowest BCUT2D eigenvalue weighted by Crippen LogP contribution is -2.31. The van der Waals surface area contributed by atoms with Gasteiger partial charge >= 0.3 is 0 Å². The number of pyridine rings is 1. The summed E-state index contributed by atoms with van der Waals surface area (Å²) in [4.78, 5) is 4.15. The Balaban J connectivity index is 1.77. The van der Waals surface area contributed by atoms with Crippen LogP contribution in [0.5, 0.6) is 5.75 Å². The van der Waals surface area contributed by atoms with Gasteiger partial charge in [0.1, 0.15) is 12.4 Å². The first-order valence-corrected chi connectivity index (χ1v) is 6.97. The van der Waals surface area contributed by atoms with Crippen molar-refractivity contribution in [1.29, 1.82) is 0 Å². The second-order valence-electron chi connectivity index (χ2n) is 5.21. The van der Waals surface area contributed by atoms with Crippen LogP contribution in [0.3, 0.4) is 0 Å². The van der Waals surface area contributed by atoms with Gasteiger partial charge in [0, 0.05) is 25.0 Å². The molecule has 20 heavy (non-hydrogen) atoms. The molecule has 0 saturated heterocycles. The predicted octanol–water partition coefficient (Wildman–Crippen LogP) is 3.26. The molecule has 0 aliphatic carbocycles. The number of aromatic nitrogens is 1. The van der Waals surface area contributed by atoms with Crippen molar-refractivity contribution in [3.05, 3.63) is 59.4 Å². The highest BCUT2D eigenvalue weighted by Crippen LogP contribution is 2.11. The van der Waals surface area contributed by atoms with Gasteiger partial charge in [0.15, 0.2) is 0 Å². The second-order valence-corrected chi connectivity index (χ2v) is 5.21. The average molecular weight is 270 g/mol. The van der Waals surface area contributed by atoms with Crippen molar-refractivity contribution in [2.24, 2.45) is 0 Å². The molecule has 3 heteroatoms. The van der Waals surface area contributed by atoms with Crippen molar-refractivity contribution in [3.8, 4) is 5.75 Å². The minimum Gasteiger partial charge on any atom is -0.492 e. The maximum absolute atomic E-state index is 5.76. The standard InChI is InChI=1S/C17H22N2O/c1-13-4-6-17(7-5-13)20-12-15(3)19-11-16-10-18-9-8-14(16)2/h4-10,15,19H,11-12H2,1-3H3. The molecule has 0 bridgehead atoms. The predicted molar refractivity (Wildman–Crippen MR) is 81.9 cm³/mol. The molecule has 106 valence electrons. The Kier molecular flexibility index (Phi) is 5.13. The van der Waals surface area contributed by atoms with E-state index in [9.17, 15) is 0 Å². The largest absolute Gasteiger partial charge is 0.492 e. The van der Waals surface area contributed by atoms with Gasteiger partial charge in [0.05, 0.1) is 0 Å². The lowest BCUT2D eigenvalue weighted by atomic mass is 10.1. The molecule has 1 N–H and O–H groups in total. The van der Waals surface area contributed by atoms with Gasteiger partial charge in [-0.1, -0.05) is 17.7 Å². The fourth-order valence-corrected chi connectivity index (χ4v) is 1.88. The van der Waals surface area contributed by atoms with E-state index in [1.54, 1.807) is 0 Å². The van der Waals surface area contributed by atoms with Gasteiger partial charge < -0.3 is 10.1 Å². The molecule has 3 nitrogen and oxygen atoms in total. The molecule has 2 rings (SSSR count).